The van der Waals surface area contributed by atoms with Crippen LogP contribution >= 0.6 is 0 Å². The Morgan fingerprint density at radius 2 is 1.91 bits per heavy atom. The van der Waals surface area contributed by atoms with Gasteiger partial charge in [-0.15, -0.1) is 13.2 Å². The van der Waals surface area contributed by atoms with Gasteiger partial charge in [-0.3, -0.25) is 0 Å². The molecule has 2 N–H and O–H groups in total. The third-order valence-corrected chi connectivity index (χ3v) is 2.77. The molecule has 5 nitrogen and oxygen atoms in total. The highest BCUT2D eigenvalue weighted by atomic mass is 19.4. The number of rotatable bonds is 7. The lowest BCUT2D eigenvalue weighted by atomic mass is 10.1. The maximum Gasteiger partial charge on any atom is 0.573 e. The number of amides is 2. The Balaban J connectivity index is 2.45. The Morgan fingerprint density at radius 3 is 2.45 bits per heavy atom. The molecule has 124 valence electrons. The second-order valence-corrected chi connectivity index (χ2v) is 4.59. The highest BCUT2D eigenvalue weighted by Gasteiger charge is 2.31. The average Bonchev–Trinajstić information content (AvgIpc) is 2.42. The Labute approximate surface area is 126 Å². The van der Waals surface area contributed by atoms with E-state index in [9.17, 15) is 18.0 Å². The van der Waals surface area contributed by atoms with Gasteiger partial charge in [-0.25, -0.2) is 4.79 Å². The molecule has 8 heteroatoms. The molecular weight excluding hydrogens is 301 g/mol. The molecule has 0 aliphatic carbocycles. The Hall–Kier alpha value is -1.96. The first kappa shape index (κ1) is 18.1. The molecule has 1 aromatic rings. The van der Waals surface area contributed by atoms with Crippen LogP contribution in [0.15, 0.2) is 24.3 Å². The molecular formula is C14H19F3N2O3. The predicted molar refractivity (Wildman–Crippen MR) is 74.6 cm³/mol. The zero-order valence-electron chi connectivity index (χ0n) is 12.4. The number of hydrogen-bond donors (Lipinski definition) is 2. The number of benzene rings is 1. The van der Waals surface area contributed by atoms with Crippen LogP contribution in [0.5, 0.6) is 5.75 Å². The number of halogens is 3. The van der Waals surface area contributed by atoms with Gasteiger partial charge in [0.2, 0.25) is 0 Å². The molecule has 0 fully saturated rings. The minimum atomic E-state index is -4.71. The summed E-state index contributed by atoms with van der Waals surface area (Å²) in [4.78, 5) is 11.6. The Bertz CT molecular complexity index is 463. The molecule has 0 bridgehead atoms. The lowest BCUT2D eigenvalue weighted by Gasteiger charge is -2.16. The molecule has 0 aliphatic heterocycles. The number of carbonyl (C=O) groups excluding carboxylic acids is 1. The standard InChI is InChI=1S/C14H19F3N2O3/c1-10(19-13(20)18-8-3-9-21-2)11-4-6-12(7-5-11)22-14(15,16)17/h4-7,10H,3,8-9H2,1-2H3,(H2,18,19,20). The fourth-order valence-corrected chi connectivity index (χ4v) is 1.71. The van der Waals surface area contributed by atoms with Crippen molar-refractivity contribution < 1.29 is 27.4 Å². The summed E-state index contributed by atoms with van der Waals surface area (Å²) in [7, 11) is 1.58. The zero-order chi connectivity index (χ0) is 16.6. The number of hydrogen-bond acceptors (Lipinski definition) is 3. The van der Waals surface area contributed by atoms with Crippen LogP contribution in [-0.4, -0.2) is 32.7 Å². The fourth-order valence-electron chi connectivity index (χ4n) is 1.71. The topological polar surface area (TPSA) is 59.6 Å². The lowest BCUT2D eigenvalue weighted by molar-refractivity contribution is -0.274. The van der Waals surface area contributed by atoms with E-state index in [4.69, 9.17) is 4.74 Å². The van der Waals surface area contributed by atoms with E-state index in [1.54, 1.807) is 14.0 Å². The van der Waals surface area contributed by atoms with Gasteiger partial charge in [-0.2, -0.15) is 0 Å². The van der Waals surface area contributed by atoms with Crippen molar-refractivity contribution >= 4 is 6.03 Å². The molecule has 1 unspecified atom stereocenters. The van der Waals surface area contributed by atoms with Crippen LogP contribution in [0.3, 0.4) is 0 Å². The van der Waals surface area contributed by atoms with Gasteiger partial charge in [-0.05, 0) is 31.0 Å². The maximum absolute atomic E-state index is 12.0. The molecule has 0 radical (unpaired) electrons. The van der Waals surface area contributed by atoms with Crippen molar-refractivity contribution in [3.8, 4) is 5.75 Å². The summed E-state index contributed by atoms with van der Waals surface area (Å²) in [5, 5.41) is 5.34. The molecule has 22 heavy (non-hydrogen) atoms. The van der Waals surface area contributed by atoms with E-state index in [1.165, 1.54) is 24.3 Å². The van der Waals surface area contributed by atoms with Gasteiger partial charge in [-0.1, -0.05) is 12.1 Å². The van der Waals surface area contributed by atoms with E-state index in [0.717, 1.165) is 0 Å². The highest BCUT2D eigenvalue weighted by molar-refractivity contribution is 5.74. The fraction of sp³-hybridized carbons (Fsp3) is 0.500. The highest BCUT2D eigenvalue weighted by Crippen LogP contribution is 2.24. The first-order chi connectivity index (χ1) is 10.3. The van der Waals surface area contributed by atoms with E-state index in [1.807, 2.05) is 0 Å². The van der Waals surface area contributed by atoms with E-state index in [-0.39, 0.29) is 17.8 Å². The normalized spacial score (nSPS) is 12.6. The summed E-state index contributed by atoms with van der Waals surface area (Å²) in [6.07, 6.45) is -4.02. The second kappa shape index (κ2) is 8.47. The van der Waals surface area contributed by atoms with E-state index >= 15 is 0 Å². The molecule has 0 aliphatic rings. The van der Waals surface area contributed by atoms with Gasteiger partial charge in [0.25, 0.3) is 0 Å². The van der Waals surface area contributed by atoms with Crippen LogP contribution in [0, 0.1) is 0 Å². The van der Waals surface area contributed by atoms with E-state index in [0.29, 0.717) is 25.1 Å². The Kier molecular flexibility index (Phi) is 6.97. The van der Waals surface area contributed by atoms with Crippen molar-refractivity contribution in [3.63, 3.8) is 0 Å². The number of urea groups is 1. The van der Waals surface area contributed by atoms with Crippen molar-refractivity contribution in [2.45, 2.75) is 25.7 Å². The van der Waals surface area contributed by atoms with Crippen LogP contribution < -0.4 is 15.4 Å². The maximum atomic E-state index is 12.0. The first-order valence-corrected chi connectivity index (χ1v) is 6.71. The third kappa shape index (κ3) is 7.16. The molecule has 0 saturated carbocycles. The first-order valence-electron chi connectivity index (χ1n) is 6.71. The summed E-state index contributed by atoms with van der Waals surface area (Å²) >= 11 is 0. The molecule has 0 heterocycles. The van der Waals surface area contributed by atoms with Gasteiger partial charge in [0.1, 0.15) is 5.75 Å². The average molecular weight is 320 g/mol. The molecule has 0 spiro atoms. The predicted octanol–water partition coefficient (Wildman–Crippen LogP) is 2.98. The minimum absolute atomic E-state index is 0.299. The quantitative estimate of drug-likeness (QED) is 0.759. The van der Waals surface area contributed by atoms with Crippen LogP contribution in [-0.2, 0) is 4.74 Å². The summed E-state index contributed by atoms with van der Waals surface area (Å²) in [6, 6.07) is 4.66. The smallest absolute Gasteiger partial charge is 0.406 e. The summed E-state index contributed by atoms with van der Waals surface area (Å²) in [6.45, 7) is 2.76. The SMILES string of the molecule is COCCCNC(=O)NC(C)c1ccc(OC(F)(F)F)cc1. The monoisotopic (exact) mass is 320 g/mol. The number of alkyl halides is 3. The molecule has 0 aromatic heterocycles. The van der Waals surface area contributed by atoms with Crippen molar-refractivity contribution in [1.29, 1.82) is 0 Å². The molecule has 1 aromatic carbocycles. The van der Waals surface area contributed by atoms with E-state index < -0.39 is 6.36 Å². The third-order valence-electron chi connectivity index (χ3n) is 2.77. The van der Waals surface area contributed by atoms with Crippen molar-refractivity contribution in [3.05, 3.63) is 29.8 Å². The van der Waals surface area contributed by atoms with Gasteiger partial charge >= 0.3 is 12.4 Å². The van der Waals surface area contributed by atoms with Gasteiger partial charge < -0.3 is 20.1 Å². The van der Waals surface area contributed by atoms with Crippen LogP contribution in [0.1, 0.15) is 24.9 Å². The van der Waals surface area contributed by atoms with Gasteiger partial charge in [0, 0.05) is 20.3 Å². The van der Waals surface area contributed by atoms with Crippen LogP contribution in [0.4, 0.5) is 18.0 Å². The minimum Gasteiger partial charge on any atom is -0.406 e. The van der Waals surface area contributed by atoms with Crippen LogP contribution in [0.2, 0.25) is 0 Å². The zero-order valence-corrected chi connectivity index (χ0v) is 12.4. The van der Waals surface area contributed by atoms with Gasteiger partial charge in [0.05, 0.1) is 6.04 Å². The largest absolute Gasteiger partial charge is 0.573 e. The molecule has 2 amide bonds. The molecule has 0 saturated heterocycles. The Morgan fingerprint density at radius 1 is 1.27 bits per heavy atom. The number of carbonyl (C=O) groups is 1. The number of methoxy groups -OCH3 is 1. The summed E-state index contributed by atoms with van der Waals surface area (Å²) < 4.78 is 44.8. The van der Waals surface area contributed by atoms with Crippen molar-refractivity contribution in [2.24, 2.45) is 0 Å². The van der Waals surface area contributed by atoms with Crippen molar-refractivity contribution in [2.75, 3.05) is 20.3 Å². The second-order valence-electron chi connectivity index (χ2n) is 4.59. The van der Waals surface area contributed by atoms with Gasteiger partial charge in [0.15, 0.2) is 0 Å². The summed E-state index contributed by atoms with van der Waals surface area (Å²) in [5.74, 6) is -0.299. The molecule has 1 rings (SSSR count). The lowest BCUT2D eigenvalue weighted by Crippen LogP contribution is -2.37. The number of nitrogens with one attached hydrogen (secondary N) is 2. The summed E-state index contributed by atoms with van der Waals surface area (Å²) in [5.41, 5.74) is 0.668. The number of ether oxygens (including phenoxy) is 2. The molecule has 1 atom stereocenters. The van der Waals surface area contributed by atoms with E-state index in [2.05, 4.69) is 15.4 Å². The van der Waals surface area contributed by atoms with Crippen molar-refractivity contribution in [1.82, 2.24) is 10.6 Å². The van der Waals surface area contributed by atoms with Crippen LogP contribution in [0.25, 0.3) is 0 Å².